The summed E-state index contributed by atoms with van der Waals surface area (Å²) in [6.45, 7) is 9.93. The smallest absolute Gasteiger partial charge is 0.226 e. The normalized spacial score (nSPS) is 12.7. The first-order valence-electron chi connectivity index (χ1n) is 5.14. The van der Waals surface area contributed by atoms with E-state index in [1.807, 2.05) is 34.6 Å². The molecule has 0 aliphatic carbocycles. The minimum atomic E-state index is -0.288. The lowest BCUT2D eigenvalue weighted by Crippen LogP contribution is -2.49. The van der Waals surface area contributed by atoms with Crippen LogP contribution in [0.1, 0.15) is 47.5 Å². The summed E-state index contributed by atoms with van der Waals surface area (Å²) < 4.78 is 0. The van der Waals surface area contributed by atoms with Gasteiger partial charge in [0.05, 0.1) is 0 Å². The van der Waals surface area contributed by atoms with E-state index in [-0.39, 0.29) is 16.9 Å². The zero-order valence-electron chi connectivity index (χ0n) is 9.91. The third-order valence-electron chi connectivity index (χ3n) is 2.67. The fourth-order valence-corrected chi connectivity index (χ4v) is 1.41. The van der Waals surface area contributed by atoms with E-state index in [9.17, 15) is 4.79 Å². The Balaban J connectivity index is 4.31. The van der Waals surface area contributed by atoms with Crippen molar-refractivity contribution in [3.05, 3.63) is 0 Å². The van der Waals surface area contributed by atoms with Gasteiger partial charge >= 0.3 is 0 Å². The van der Waals surface area contributed by atoms with Crippen LogP contribution in [0.25, 0.3) is 0 Å². The maximum Gasteiger partial charge on any atom is 0.226 e. The topological polar surface area (TPSA) is 29.1 Å². The minimum Gasteiger partial charge on any atom is -0.351 e. The predicted octanol–water partition coefficient (Wildman–Crippen LogP) is 2.95. The van der Waals surface area contributed by atoms with E-state index in [1.165, 1.54) is 0 Å². The number of alkyl halides is 1. The van der Waals surface area contributed by atoms with Gasteiger partial charge in [0.25, 0.3) is 0 Å². The molecule has 0 saturated heterocycles. The highest BCUT2D eigenvalue weighted by molar-refractivity contribution is 6.17. The molecular formula is C11H22ClNO. The zero-order valence-corrected chi connectivity index (χ0v) is 10.7. The zero-order chi connectivity index (χ0) is 11.4. The number of nitrogens with one attached hydrogen (secondary N) is 1. The van der Waals surface area contributed by atoms with Crippen molar-refractivity contribution in [1.82, 2.24) is 5.32 Å². The van der Waals surface area contributed by atoms with Crippen molar-refractivity contribution in [2.45, 2.75) is 53.0 Å². The van der Waals surface area contributed by atoms with E-state index >= 15 is 0 Å². The second kappa shape index (κ2) is 5.01. The van der Waals surface area contributed by atoms with Crippen molar-refractivity contribution >= 4 is 17.5 Å². The molecule has 0 aromatic carbocycles. The van der Waals surface area contributed by atoms with Crippen LogP contribution >= 0.6 is 11.6 Å². The average Bonchev–Trinajstić information content (AvgIpc) is 2.03. The van der Waals surface area contributed by atoms with Gasteiger partial charge in [-0.25, -0.2) is 0 Å². The van der Waals surface area contributed by atoms with Crippen LogP contribution in [0, 0.1) is 5.41 Å². The first-order chi connectivity index (χ1) is 6.25. The van der Waals surface area contributed by atoms with Crippen LogP contribution in [0.3, 0.4) is 0 Å². The average molecular weight is 220 g/mol. The fraction of sp³-hybridized carbons (Fsp3) is 0.909. The highest BCUT2D eigenvalue weighted by Crippen LogP contribution is 2.21. The Bertz CT molecular complexity index is 199. The van der Waals surface area contributed by atoms with E-state index in [4.69, 9.17) is 11.6 Å². The van der Waals surface area contributed by atoms with Crippen molar-refractivity contribution in [3.8, 4) is 0 Å². The van der Waals surface area contributed by atoms with Gasteiger partial charge in [-0.2, -0.15) is 0 Å². The third kappa shape index (κ3) is 4.32. The number of hydrogen-bond acceptors (Lipinski definition) is 1. The molecule has 0 aromatic rings. The number of hydrogen-bond donors (Lipinski definition) is 1. The van der Waals surface area contributed by atoms with Gasteiger partial charge < -0.3 is 5.32 Å². The Morgan fingerprint density at radius 3 is 2.14 bits per heavy atom. The van der Waals surface area contributed by atoms with Crippen molar-refractivity contribution in [3.63, 3.8) is 0 Å². The Morgan fingerprint density at radius 2 is 1.79 bits per heavy atom. The molecule has 1 amide bonds. The molecule has 1 N–H and O–H groups in total. The summed E-state index contributed by atoms with van der Waals surface area (Å²) in [6, 6.07) is 0. The van der Waals surface area contributed by atoms with Crippen LogP contribution in [0.5, 0.6) is 0 Å². The Hall–Kier alpha value is -0.240. The molecule has 0 spiro atoms. The molecule has 0 unspecified atom stereocenters. The van der Waals surface area contributed by atoms with Gasteiger partial charge in [0.1, 0.15) is 0 Å². The quantitative estimate of drug-likeness (QED) is 0.708. The lowest BCUT2D eigenvalue weighted by molar-refractivity contribution is -0.131. The molecule has 0 rings (SSSR count). The third-order valence-corrected chi connectivity index (χ3v) is 2.86. The molecule has 0 fully saturated rings. The van der Waals surface area contributed by atoms with Gasteiger partial charge in [-0.1, -0.05) is 20.8 Å². The molecule has 0 saturated carbocycles. The van der Waals surface area contributed by atoms with Gasteiger partial charge in [0, 0.05) is 16.8 Å². The van der Waals surface area contributed by atoms with Gasteiger partial charge in [-0.05, 0) is 26.7 Å². The van der Waals surface area contributed by atoms with Crippen LogP contribution in [-0.4, -0.2) is 17.3 Å². The molecule has 0 aliphatic heterocycles. The summed E-state index contributed by atoms with van der Waals surface area (Å²) >= 11 is 5.67. The molecule has 14 heavy (non-hydrogen) atoms. The number of amides is 1. The molecular weight excluding hydrogens is 198 g/mol. The van der Waals surface area contributed by atoms with E-state index in [0.29, 0.717) is 5.88 Å². The maximum absolute atomic E-state index is 11.8. The lowest BCUT2D eigenvalue weighted by atomic mass is 9.87. The van der Waals surface area contributed by atoms with E-state index in [0.717, 1.165) is 12.8 Å². The molecule has 0 radical (unpaired) electrons. The number of carbonyl (C=O) groups excluding carboxylic acids is 1. The second-order valence-corrected chi connectivity index (χ2v) is 5.39. The number of rotatable bonds is 5. The molecule has 0 aromatic heterocycles. The number of carbonyl (C=O) groups is 1. The minimum absolute atomic E-state index is 0.107. The second-order valence-electron chi connectivity index (χ2n) is 5.01. The van der Waals surface area contributed by atoms with Gasteiger partial charge in [0.2, 0.25) is 5.91 Å². The van der Waals surface area contributed by atoms with E-state index in [1.54, 1.807) is 0 Å². The highest BCUT2D eigenvalue weighted by Gasteiger charge is 2.29. The SMILES string of the molecule is CCC(C)(C)C(=O)NC(C)(C)CCCl. The lowest BCUT2D eigenvalue weighted by Gasteiger charge is -2.31. The first-order valence-corrected chi connectivity index (χ1v) is 5.67. The molecule has 0 heterocycles. The van der Waals surface area contributed by atoms with Crippen LogP contribution < -0.4 is 5.32 Å². The van der Waals surface area contributed by atoms with Crippen LogP contribution in [0.15, 0.2) is 0 Å². The summed E-state index contributed by atoms with van der Waals surface area (Å²) in [4.78, 5) is 11.8. The van der Waals surface area contributed by atoms with Gasteiger partial charge in [-0.3, -0.25) is 4.79 Å². The largest absolute Gasteiger partial charge is 0.351 e. The molecule has 0 aliphatic rings. The first kappa shape index (κ1) is 13.8. The monoisotopic (exact) mass is 219 g/mol. The Labute approximate surface area is 92.4 Å². The molecule has 3 heteroatoms. The van der Waals surface area contributed by atoms with Crippen molar-refractivity contribution in [1.29, 1.82) is 0 Å². The predicted molar refractivity (Wildman–Crippen MR) is 61.6 cm³/mol. The van der Waals surface area contributed by atoms with Crippen molar-refractivity contribution < 1.29 is 4.79 Å². The van der Waals surface area contributed by atoms with Crippen LogP contribution in [-0.2, 0) is 4.79 Å². The summed E-state index contributed by atoms with van der Waals surface area (Å²) in [7, 11) is 0. The summed E-state index contributed by atoms with van der Waals surface area (Å²) in [5.74, 6) is 0.676. The Kier molecular flexibility index (Phi) is 4.93. The number of halogens is 1. The highest BCUT2D eigenvalue weighted by atomic mass is 35.5. The van der Waals surface area contributed by atoms with Crippen LogP contribution in [0.2, 0.25) is 0 Å². The molecule has 0 atom stereocenters. The van der Waals surface area contributed by atoms with Crippen molar-refractivity contribution in [2.24, 2.45) is 5.41 Å². The summed E-state index contributed by atoms with van der Waals surface area (Å²) in [6.07, 6.45) is 1.63. The van der Waals surface area contributed by atoms with Gasteiger partial charge in [0.15, 0.2) is 0 Å². The van der Waals surface area contributed by atoms with Crippen molar-refractivity contribution in [2.75, 3.05) is 5.88 Å². The standard InChI is InChI=1S/C11H22ClNO/c1-6-10(2,3)9(14)13-11(4,5)7-8-12/h6-8H2,1-5H3,(H,13,14). The van der Waals surface area contributed by atoms with Crippen LogP contribution in [0.4, 0.5) is 0 Å². The van der Waals surface area contributed by atoms with Gasteiger partial charge in [-0.15, -0.1) is 11.6 Å². The molecule has 84 valence electrons. The van der Waals surface area contributed by atoms with E-state index < -0.39 is 0 Å². The molecule has 2 nitrogen and oxygen atoms in total. The summed E-state index contributed by atoms with van der Waals surface area (Å²) in [5, 5.41) is 3.02. The molecule has 0 bridgehead atoms. The van der Waals surface area contributed by atoms with E-state index in [2.05, 4.69) is 5.32 Å². The maximum atomic E-state index is 11.8. The fourth-order valence-electron chi connectivity index (χ4n) is 0.936. The Morgan fingerprint density at radius 1 is 1.29 bits per heavy atom. The summed E-state index contributed by atoms with van der Waals surface area (Å²) in [5.41, 5.74) is -0.491.